The van der Waals surface area contributed by atoms with E-state index >= 15 is 0 Å². The van der Waals surface area contributed by atoms with Crippen LogP contribution in [0, 0.1) is 0 Å². The molecule has 5 aromatic rings. The Kier molecular flexibility index (Phi) is 4.80. The van der Waals surface area contributed by atoms with E-state index in [4.69, 9.17) is 4.74 Å². The number of para-hydroxylation sites is 1. The lowest BCUT2D eigenvalue weighted by Crippen LogP contribution is -2.26. The van der Waals surface area contributed by atoms with Crippen molar-refractivity contribution in [3.63, 3.8) is 0 Å². The molecule has 0 aliphatic heterocycles. The lowest BCUT2D eigenvalue weighted by atomic mass is 10.1. The highest BCUT2D eigenvalue weighted by Gasteiger charge is 2.15. The van der Waals surface area contributed by atoms with Gasteiger partial charge in [-0.2, -0.15) is 0 Å². The quantitative estimate of drug-likeness (QED) is 0.396. The molecule has 0 atom stereocenters. The molecule has 0 aliphatic rings. The third-order valence-electron chi connectivity index (χ3n) is 5.26. The van der Waals surface area contributed by atoms with Gasteiger partial charge in [0, 0.05) is 5.56 Å². The summed E-state index contributed by atoms with van der Waals surface area (Å²) in [7, 11) is 0. The summed E-state index contributed by atoms with van der Waals surface area (Å²) in [5, 5.41) is 0.547. The van der Waals surface area contributed by atoms with Gasteiger partial charge in [0.2, 0.25) is 0 Å². The minimum Gasteiger partial charge on any atom is -0.489 e. The van der Waals surface area contributed by atoms with Crippen LogP contribution in [-0.2, 0) is 13.2 Å². The molecular formula is C25H19N3O3. The number of hydrogen-bond donors (Lipinski definition) is 0. The fourth-order valence-corrected chi connectivity index (χ4v) is 3.65. The normalized spacial score (nSPS) is 11.1. The molecule has 6 heteroatoms. The third-order valence-corrected chi connectivity index (χ3v) is 5.26. The fourth-order valence-electron chi connectivity index (χ4n) is 3.65. The maximum Gasteiger partial charge on any atom is 0.262 e. The van der Waals surface area contributed by atoms with Crippen molar-refractivity contribution in [1.82, 2.24) is 14.0 Å². The average molecular weight is 409 g/mol. The molecule has 0 bridgehead atoms. The first-order valence-electron chi connectivity index (χ1n) is 9.94. The number of fused-ring (bicyclic) bond motifs is 3. The summed E-state index contributed by atoms with van der Waals surface area (Å²) in [5.74, 6) is 0.525. The molecule has 0 N–H and O–H groups in total. The van der Waals surface area contributed by atoms with E-state index in [9.17, 15) is 9.59 Å². The number of ketones is 1. The molecule has 0 saturated heterocycles. The number of benzene rings is 3. The van der Waals surface area contributed by atoms with Crippen LogP contribution in [0.15, 0.2) is 96.2 Å². The molecule has 3 aromatic carbocycles. The lowest BCUT2D eigenvalue weighted by molar-refractivity contribution is 0.0972. The molecule has 0 spiro atoms. The van der Waals surface area contributed by atoms with Gasteiger partial charge in [-0.3, -0.25) is 18.6 Å². The molecular weight excluding hydrogens is 390 g/mol. The van der Waals surface area contributed by atoms with Gasteiger partial charge in [0.05, 0.1) is 23.6 Å². The molecule has 5 rings (SSSR count). The van der Waals surface area contributed by atoms with Crippen LogP contribution in [0.3, 0.4) is 0 Å². The Hall–Kier alpha value is -4.19. The summed E-state index contributed by atoms with van der Waals surface area (Å²) >= 11 is 0. The highest BCUT2D eigenvalue weighted by molar-refractivity contribution is 5.96. The van der Waals surface area contributed by atoms with E-state index in [1.807, 2.05) is 52.9 Å². The van der Waals surface area contributed by atoms with Gasteiger partial charge < -0.3 is 4.74 Å². The number of nitrogens with zero attached hydrogens (tertiary/aromatic N) is 3. The minimum atomic E-state index is -0.209. The monoisotopic (exact) mass is 409 g/mol. The van der Waals surface area contributed by atoms with Crippen molar-refractivity contribution in [2.45, 2.75) is 13.2 Å². The van der Waals surface area contributed by atoms with Crippen molar-refractivity contribution in [2.24, 2.45) is 0 Å². The van der Waals surface area contributed by atoms with Crippen molar-refractivity contribution in [1.29, 1.82) is 0 Å². The summed E-state index contributed by atoms with van der Waals surface area (Å²) in [4.78, 5) is 30.1. The maximum atomic E-state index is 13.0. The molecule has 31 heavy (non-hydrogen) atoms. The van der Waals surface area contributed by atoms with Crippen LogP contribution in [0.25, 0.3) is 16.6 Å². The maximum absolute atomic E-state index is 13.0. The third kappa shape index (κ3) is 3.59. The van der Waals surface area contributed by atoms with Gasteiger partial charge in [-0.05, 0) is 42.0 Å². The van der Waals surface area contributed by atoms with Crippen LogP contribution in [0.4, 0.5) is 0 Å². The smallest absolute Gasteiger partial charge is 0.262 e. The Morgan fingerprint density at radius 1 is 0.903 bits per heavy atom. The van der Waals surface area contributed by atoms with E-state index in [1.54, 1.807) is 42.9 Å². The predicted octanol–water partition coefficient (Wildman–Crippen LogP) is 4.11. The summed E-state index contributed by atoms with van der Waals surface area (Å²) < 4.78 is 9.08. The van der Waals surface area contributed by atoms with E-state index in [1.165, 1.54) is 4.57 Å². The van der Waals surface area contributed by atoms with Crippen LogP contribution in [-0.4, -0.2) is 19.7 Å². The molecule has 2 aromatic heterocycles. The number of imidazole rings is 1. The Morgan fingerprint density at radius 2 is 1.65 bits per heavy atom. The Balaban J connectivity index is 1.39. The Labute approximate surface area is 178 Å². The lowest BCUT2D eigenvalue weighted by Gasteiger charge is -2.11. The summed E-state index contributed by atoms with van der Waals surface area (Å²) in [6, 6.07) is 24.2. The first-order valence-corrected chi connectivity index (χ1v) is 9.94. The second kappa shape index (κ2) is 7.91. The van der Waals surface area contributed by atoms with Gasteiger partial charge in [0.1, 0.15) is 24.3 Å². The van der Waals surface area contributed by atoms with Crippen LogP contribution in [0.5, 0.6) is 5.75 Å². The van der Waals surface area contributed by atoms with E-state index < -0.39 is 0 Å². The molecule has 0 amide bonds. The molecule has 0 unspecified atom stereocenters. The molecule has 0 fully saturated rings. The van der Waals surface area contributed by atoms with Crippen molar-refractivity contribution in [2.75, 3.05) is 0 Å². The second-order valence-electron chi connectivity index (χ2n) is 7.25. The van der Waals surface area contributed by atoms with Gasteiger partial charge in [0.15, 0.2) is 5.78 Å². The predicted molar refractivity (Wildman–Crippen MR) is 119 cm³/mol. The number of carbonyl (C=O) groups excluding carboxylic acids is 1. The molecule has 0 saturated carbocycles. The summed E-state index contributed by atoms with van der Waals surface area (Å²) in [5.41, 5.74) is 2.73. The van der Waals surface area contributed by atoms with E-state index in [2.05, 4.69) is 4.98 Å². The first kappa shape index (κ1) is 18.8. The second-order valence-corrected chi connectivity index (χ2v) is 7.25. The zero-order valence-corrected chi connectivity index (χ0v) is 16.6. The summed E-state index contributed by atoms with van der Waals surface area (Å²) in [6.07, 6.45) is 3.25. The van der Waals surface area contributed by atoms with Crippen molar-refractivity contribution in [3.8, 4) is 5.75 Å². The number of ether oxygens (including phenoxy) is 1. The SMILES string of the molecule is O=C(Cn1c(=O)c2ccccc2n2cncc12)c1ccc(OCc2ccccc2)cc1. The number of hydrogen-bond acceptors (Lipinski definition) is 4. The topological polar surface area (TPSA) is 65.6 Å². The Bertz CT molecular complexity index is 1430. The van der Waals surface area contributed by atoms with Gasteiger partial charge in [0.25, 0.3) is 5.56 Å². The Morgan fingerprint density at radius 3 is 2.45 bits per heavy atom. The largest absolute Gasteiger partial charge is 0.489 e. The zero-order chi connectivity index (χ0) is 21.2. The molecule has 6 nitrogen and oxygen atoms in total. The molecule has 2 heterocycles. The molecule has 0 radical (unpaired) electrons. The van der Waals surface area contributed by atoms with E-state index in [-0.39, 0.29) is 17.9 Å². The standard InChI is InChI=1S/C25H19N3O3/c29-23(19-10-12-20(13-11-19)31-16-18-6-2-1-3-7-18)15-27-24-14-26-17-28(24)22-9-5-4-8-21(22)25(27)30/h1-14,17H,15-16H2. The van der Waals surface area contributed by atoms with Gasteiger partial charge >= 0.3 is 0 Å². The molecule has 0 aliphatic carbocycles. The van der Waals surface area contributed by atoms with Crippen molar-refractivity contribution in [3.05, 3.63) is 113 Å². The van der Waals surface area contributed by atoms with Gasteiger partial charge in [-0.25, -0.2) is 4.98 Å². The number of carbonyl (C=O) groups is 1. The number of rotatable bonds is 6. The highest BCUT2D eigenvalue weighted by atomic mass is 16.5. The fraction of sp³-hybridized carbons (Fsp3) is 0.0800. The highest BCUT2D eigenvalue weighted by Crippen LogP contribution is 2.17. The molecule has 152 valence electrons. The van der Waals surface area contributed by atoms with Gasteiger partial charge in [-0.1, -0.05) is 42.5 Å². The van der Waals surface area contributed by atoms with E-state index in [0.717, 1.165) is 11.1 Å². The van der Waals surface area contributed by atoms with E-state index in [0.29, 0.717) is 29.0 Å². The number of Topliss-reactive ketones (excluding diaryl/α,β-unsaturated/α-hetero) is 1. The van der Waals surface area contributed by atoms with Crippen LogP contribution >= 0.6 is 0 Å². The van der Waals surface area contributed by atoms with Crippen molar-refractivity contribution >= 4 is 22.3 Å². The average Bonchev–Trinajstić information content (AvgIpc) is 3.31. The van der Waals surface area contributed by atoms with Crippen molar-refractivity contribution < 1.29 is 9.53 Å². The summed E-state index contributed by atoms with van der Waals surface area (Å²) in [6.45, 7) is 0.392. The minimum absolute atomic E-state index is 0.0664. The van der Waals surface area contributed by atoms with Crippen LogP contribution in [0.2, 0.25) is 0 Å². The van der Waals surface area contributed by atoms with Crippen LogP contribution < -0.4 is 10.3 Å². The first-order chi connectivity index (χ1) is 15.2. The van der Waals surface area contributed by atoms with Crippen LogP contribution in [0.1, 0.15) is 15.9 Å². The van der Waals surface area contributed by atoms with Gasteiger partial charge in [-0.15, -0.1) is 0 Å². The zero-order valence-electron chi connectivity index (χ0n) is 16.6. The number of aromatic nitrogens is 3.